The Morgan fingerprint density at radius 1 is 1.12 bits per heavy atom. The third-order valence-electron chi connectivity index (χ3n) is 3.48. The van der Waals surface area contributed by atoms with Crippen molar-refractivity contribution in [3.05, 3.63) is 80.0 Å². The molecule has 0 aliphatic rings. The van der Waals surface area contributed by atoms with Crippen molar-refractivity contribution in [2.75, 3.05) is 0 Å². The van der Waals surface area contributed by atoms with Crippen LogP contribution in [0.25, 0.3) is 5.65 Å². The number of hydrogen-bond donors (Lipinski definition) is 1. The van der Waals surface area contributed by atoms with E-state index in [0.717, 1.165) is 18.2 Å². The molecule has 0 fully saturated rings. The lowest BCUT2D eigenvalue weighted by molar-refractivity contribution is -0.394. The highest BCUT2D eigenvalue weighted by molar-refractivity contribution is 5.95. The molecule has 2 aromatic heterocycles. The summed E-state index contributed by atoms with van der Waals surface area (Å²) >= 11 is 0. The third-order valence-corrected chi connectivity index (χ3v) is 3.48. The first-order valence-corrected chi connectivity index (χ1v) is 7.19. The molecule has 0 aliphatic carbocycles. The van der Waals surface area contributed by atoms with Crippen molar-refractivity contribution >= 4 is 22.9 Å². The number of nitro benzene ring substituents is 2. The smallest absolute Gasteiger partial charge is 0.277 e. The number of aromatic nitrogens is 2. The number of nitrogens with zero attached hydrogens (tertiary/aromatic N) is 4. The van der Waals surface area contributed by atoms with Crippen LogP contribution in [0.5, 0.6) is 0 Å². The normalized spacial score (nSPS) is 10.7. The SMILES string of the molecule is O=C(NCc1cn2cc(F)ccc2n1)c1cc([N+](=O)[O-])cc([N+](=O)[O-])c1. The van der Waals surface area contributed by atoms with Gasteiger partial charge in [0.05, 0.1) is 33.7 Å². The molecule has 26 heavy (non-hydrogen) atoms. The molecule has 0 bridgehead atoms. The molecule has 11 heteroatoms. The first kappa shape index (κ1) is 17.0. The van der Waals surface area contributed by atoms with E-state index in [1.165, 1.54) is 28.9 Å². The number of carbonyl (C=O) groups is 1. The van der Waals surface area contributed by atoms with Gasteiger partial charge in [0, 0.05) is 24.5 Å². The fourth-order valence-corrected chi connectivity index (χ4v) is 2.31. The molecule has 0 spiro atoms. The Kier molecular flexibility index (Phi) is 4.27. The number of fused-ring (bicyclic) bond motifs is 1. The largest absolute Gasteiger partial charge is 0.346 e. The van der Waals surface area contributed by atoms with Gasteiger partial charge in [0.25, 0.3) is 17.3 Å². The van der Waals surface area contributed by atoms with Crippen LogP contribution in [0.2, 0.25) is 0 Å². The fraction of sp³-hybridized carbons (Fsp3) is 0.0667. The molecule has 2 heterocycles. The van der Waals surface area contributed by atoms with E-state index in [2.05, 4.69) is 10.3 Å². The first-order chi connectivity index (χ1) is 12.3. The number of halogens is 1. The summed E-state index contributed by atoms with van der Waals surface area (Å²) in [6.07, 6.45) is 2.73. The molecule has 0 radical (unpaired) electrons. The van der Waals surface area contributed by atoms with Crippen molar-refractivity contribution in [3.63, 3.8) is 0 Å². The molecule has 1 aromatic carbocycles. The van der Waals surface area contributed by atoms with Gasteiger partial charge in [0.2, 0.25) is 0 Å². The van der Waals surface area contributed by atoms with Crippen LogP contribution in [0, 0.1) is 26.0 Å². The minimum absolute atomic E-state index is 0.0430. The second-order valence-electron chi connectivity index (χ2n) is 5.28. The summed E-state index contributed by atoms with van der Waals surface area (Å²) < 4.78 is 14.6. The van der Waals surface area contributed by atoms with Gasteiger partial charge >= 0.3 is 0 Å². The average molecular weight is 359 g/mol. The van der Waals surface area contributed by atoms with Crippen molar-refractivity contribution in [1.29, 1.82) is 0 Å². The number of rotatable bonds is 5. The lowest BCUT2D eigenvalue weighted by Crippen LogP contribution is -2.23. The molecule has 1 amide bonds. The molecular formula is C15H10FN5O5. The lowest BCUT2D eigenvalue weighted by atomic mass is 10.1. The Labute approximate surface area is 144 Å². The number of benzene rings is 1. The fourth-order valence-electron chi connectivity index (χ4n) is 2.31. The van der Waals surface area contributed by atoms with E-state index < -0.39 is 32.9 Å². The second kappa shape index (κ2) is 6.55. The molecule has 3 rings (SSSR count). The minimum Gasteiger partial charge on any atom is -0.346 e. The zero-order valence-corrected chi connectivity index (χ0v) is 13.0. The van der Waals surface area contributed by atoms with Gasteiger partial charge in [-0.2, -0.15) is 0 Å². The van der Waals surface area contributed by atoms with Crippen molar-refractivity contribution in [2.45, 2.75) is 6.54 Å². The number of carbonyl (C=O) groups excluding carboxylic acids is 1. The summed E-state index contributed by atoms with van der Waals surface area (Å²) in [6, 6.07) is 5.37. The number of hydrogen-bond acceptors (Lipinski definition) is 6. The standard InChI is InChI=1S/C15H10FN5O5/c16-10-1-2-14-18-11(8-19(14)7-10)6-17-15(22)9-3-12(20(23)24)5-13(4-9)21(25)26/h1-5,7-8H,6H2,(H,17,22). The van der Waals surface area contributed by atoms with Crippen molar-refractivity contribution in [3.8, 4) is 0 Å². The number of non-ortho nitro benzene ring substituents is 2. The Bertz CT molecular complexity index is 1020. The van der Waals surface area contributed by atoms with E-state index in [0.29, 0.717) is 11.3 Å². The summed E-state index contributed by atoms with van der Waals surface area (Å²) in [5, 5.41) is 24.2. The summed E-state index contributed by atoms with van der Waals surface area (Å²) in [6.45, 7) is -0.0430. The Hall–Kier alpha value is -3.89. The lowest BCUT2D eigenvalue weighted by Gasteiger charge is -2.03. The molecule has 0 aliphatic heterocycles. The minimum atomic E-state index is -0.819. The Morgan fingerprint density at radius 2 is 1.77 bits per heavy atom. The maximum atomic E-state index is 13.2. The topological polar surface area (TPSA) is 133 Å². The summed E-state index contributed by atoms with van der Waals surface area (Å²) in [5.41, 5.74) is -0.452. The average Bonchev–Trinajstić information content (AvgIpc) is 3.01. The van der Waals surface area contributed by atoms with Crippen LogP contribution in [-0.4, -0.2) is 25.1 Å². The predicted octanol–water partition coefficient (Wildman–Crippen LogP) is 2.22. The Balaban J connectivity index is 1.80. The van der Waals surface area contributed by atoms with E-state index in [4.69, 9.17) is 0 Å². The van der Waals surface area contributed by atoms with Gasteiger partial charge in [-0.3, -0.25) is 25.0 Å². The second-order valence-corrected chi connectivity index (χ2v) is 5.28. The molecule has 0 atom stereocenters. The van der Waals surface area contributed by atoms with Crippen LogP contribution in [0.3, 0.4) is 0 Å². The van der Waals surface area contributed by atoms with Crippen LogP contribution < -0.4 is 5.32 Å². The van der Waals surface area contributed by atoms with Crippen LogP contribution in [0.1, 0.15) is 16.1 Å². The van der Waals surface area contributed by atoms with E-state index in [1.54, 1.807) is 0 Å². The molecule has 1 N–H and O–H groups in total. The van der Waals surface area contributed by atoms with Gasteiger partial charge < -0.3 is 9.72 Å². The highest BCUT2D eigenvalue weighted by Crippen LogP contribution is 2.22. The highest BCUT2D eigenvalue weighted by Gasteiger charge is 2.20. The number of nitrogens with one attached hydrogen (secondary N) is 1. The van der Waals surface area contributed by atoms with Gasteiger partial charge in [-0.25, -0.2) is 9.37 Å². The number of amides is 1. The maximum absolute atomic E-state index is 13.2. The zero-order valence-electron chi connectivity index (χ0n) is 13.0. The quantitative estimate of drug-likeness (QED) is 0.548. The van der Waals surface area contributed by atoms with Crippen LogP contribution in [0.15, 0.2) is 42.7 Å². The van der Waals surface area contributed by atoms with Gasteiger partial charge in [-0.15, -0.1) is 0 Å². The number of nitro groups is 2. The zero-order chi connectivity index (χ0) is 18.8. The summed E-state index contributed by atoms with van der Waals surface area (Å²) in [4.78, 5) is 36.5. The highest BCUT2D eigenvalue weighted by atomic mass is 19.1. The summed E-state index contributed by atoms with van der Waals surface area (Å²) in [5.74, 6) is -1.19. The van der Waals surface area contributed by atoms with E-state index >= 15 is 0 Å². The maximum Gasteiger partial charge on any atom is 0.277 e. The molecule has 0 saturated heterocycles. The molecular weight excluding hydrogens is 349 g/mol. The predicted molar refractivity (Wildman–Crippen MR) is 86.1 cm³/mol. The van der Waals surface area contributed by atoms with Gasteiger partial charge in [-0.05, 0) is 12.1 Å². The number of imidazole rings is 1. The third kappa shape index (κ3) is 3.45. The monoisotopic (exact) mass is 359 g/mol. The van der Waals surface area contributed by atoms with Crippen LogP contribution in [0.4, 0.5) is 15.8 Å². The van der Waals surface area contributed by atoms with Gasteiger partial charge in [-0.1, -0.05) is 0 Å². The Morgan fingerprint density at radius 3 is 2.38 bits per heavy atom. The van der Waals surface area contributed by atoms with Crippen molar-refractivity contribution in [1.82, 2.24) is 14.7 Å². The molecule has 132 valence electrons. The summed E-state index contributed by atoms with van der Waals surface area (Å²) in [7, 11) is 0. The van der Waals surface area contributed by atoms with Crippen LogP contribution >= 0.6 is 0 Å². The van der Waals surface area contributed by atoms with Crippen LogP contribution in [-0.2, 0) is 6.54 Å². The van der Waals surface area contributed by atoms with E-state index in [9.17, 15) is 29.4 Å². The molecule has 0 saturated carbocycles. The van der Waals surface area contributed by atoms with Crippen molar-refractivity contribution in [2.24, 2.45) is 0 Å². The molecule has 0 unspecified atom stereocenters. The van der Waals surface area contributed by atoms with Gasteiger partial charge in [0.1, 0.15) is 11.5 Å². The first-order valence-electron chi connectivity index (χ1n) is 7.19. The molecule has 10 nitrogen and oxygen atoms in total. The van der Waals surface area contributed by atoms with E-state index in [-0.39, 0.29) is 12.1 Å². The number of pyridine rings is 1. The van der Waals surface area contributed by atoms with Crippen molar-refractivity contribution < 1.29 is 19.0 Å². The van der Waals surface area contributed by atoms with E-state index in [1.807, 2.05) is 0 Å². The molecule has 3 aromatic rings. The van der Waals surface area contributed by atoms with Gasteiger partial charge in [0.15, 0.2) is 0 Å².